The molecule has 0 amide bonds. The highest BCUT2D eigenvalue weighted by Gasteiger charge is 2.45. The molecule has 0 saturated heterocycles. The van der Waals surface area contributed by atoms with Crippen molar-refractivity contribution in [2.45, 2.75) is 11.9 Å². The van der Waals surface area contributed by atoms with Crippen molar-refractivity contribution in [2.24, 2.45) is 0 Å². The molecule has 0 aliphatic rings. The Labute approximate surface area is 76.5 Å². The van der Waals surface area contributed by atoms with Crippen molar-refractivity contribution in [3.63, 3.8) is 0 Å². The molecule has 74 valence electrons. The molecule has 3 nitrogen and oxygen atoms in total. The van der Waals surface area contributed by atoms with Gasteiger partial charge in [-0.3, -0.25) is 0 Å². The van der Waals surface area contributed by atoms with Crippen molar-refractivity contribution >= 4 is 26.0 Å². The largest absolute Gasteiger partial charge is 0.511 e. The molecular formula is C4H7BrF3NO2S. The van der Waals surface area contributed by atoms with Gasteiger partial charge in [-0.1, -0.05) is 15.9 Å². The smallest absolute Gasteiger partial charge is 0.207 e. The van der Waals surface area contributed by atoms with Crippen LogP contribution in [0.4, 0.5) is 13.2 Å². The highest BCUT2D eigenvalue weighted by atomic mass is 79.9. The van der Waals surface area contributed by atoms with Crippen LogP contribution in [0.5, 0.6) is 0 Å². The van der Waals surface area contributed by atoms with Gasteiger partial charge in [0.25, 0.3) is 0 Å². The van der Waals surface area contributed by atoms with Crippen molar-refractivity contribution < 1.29 is 21.6 Å². The molecule has 0 aromatic rings. The normalized spacial score (nSPS) is 13.3. The minimum absolute atomic E-state index is 0.215. The van der Waals surface area contributed by atoms with E-state index < -0.39 is 15.5 Å². The standard InChI is InChI=1S/C4H7BrF3NO2S/c5-2-1-3-9-12(10,11)4(6,7)8/h9H,1-3H2. The number of hydrogen-bond donors (Lipinski definition) is 1. The maximum absolute atomic E-state index is 11.6. The molecule has 0 aliphatic heterocycles. The molecule has 0 bridgehead atoms. The predicted octanol–water partition coefficient (Wildman–Crippen LogP) is 1.21. The van der Waals surface area contributed by atoms with Crippen molar-refractivity contribution in [2.75, 3.05) is 11.9 Å². The molecule has 0 spiro atoms. The Bertz CT molecular complexity index is 225. The fraction of sp³-hybridized carbons (Fsp3) is 1.00. The second-order valence-corrected chi connectivity index (χ2v) is 4.44. The van der Waals surface area contributed by atoms with E-state index >= 15 is 0 Å². The Morgan fingerprint density at radius 2 is 1.83 bits per heavy atom. The molecule has 0 aliphatic carbocycles. The van der Waals surface area contributed by atoms with E-state index in [0.29, 0.717) is 11.8 Å². The van der Waals surface area contributed by atoms with Crippen LogP contribution in [0.3, 0.4) is 0 Å². The molecule has 0 fully saturated rings. The molecule has 0 saturated carbocycles. The van der Waals surface area contributed by atoms with Gasteiger partial charge in [0.05, 0.1) is 0 Å². The molecule has 0 radical (unpaired) electrons. The first-order chi connectivity index (χ1) is 5.31. The van der Waals surface area contributed by atoms with Gasteiger partial charge in [-0.15, -0.1) is 0 Å². The minimum Gasteiger partial charge on any atom is -0.207 e. The van der Waals surface area contributed by atoms with Gasteiger partial charge < -0.3 is 0 Å². The number of hydrogen-bond acceptors (Lipinski definition) is 2. The summed E-state index contributed by atoms with van der Waals surface area (Å²) in [5, 5.41) is 0.452. The molecular weight excluding hydrogens is 263 g/mol. The highest BCUT2D eigenvalue weighted by Crippen LogP contribution is 2.21. The van der Waals surface area contributed by atoms with Crippen LogP contribution in [-0.2, 0) is 10.0 Å². The van der Waals surface area contributed by atoms with Crippen LogP contribution in [-0.4, -0.2) is 25.8 Å². The Balaban J connectivity index is 4.08. The van der Waals surface area contributed by atoms with Gasteiger partial charge in [0.15, 0.2) is 0 Å². The summed E-state index contributed by atoms with van der Waals surface area (Å²) in [7, 11) is -5.14. The number of rotatable bonds is 4. The molecule has 0 atom stereocenters. The van der Waals surface area contributed by atoms with Gasteiger partial charge in [-0.25, -0.2) is 13.1 Å². The van der Waals surface area contributed by atoms with Crippen molar-refractivity contribution in [3.05, 3.63) is 0 Å². The fourth-order valence-corrected chi connectivity index (χ4v) is 1.21. The number of alkyl halides is 4. The Hall–Kier alpha value is 0.180. The lowest BCUT2D eigenvalue weighted by molar-refractivity contribution is -0.0447. The maximum atomic E-state index is 11.6. The first-order valence-electron chi connectivity index (χ1n) is 2.93. The Morgan fingerprint density at radius 3 is 2.17 bits per heavy atom. The van der Waals surface area contributed by atoms with Gasteiger partial charge >= 0.3 is 15.5 Å². The summed E-state index contributed by atoms with van der Waals surface area (Å²) in [5.74, 6) is 0. The van der Waals surface area contributed by atoms with Crippen LogP contribution in [0.15, 0.2) is 0 Å². The fourth-order valence-electron chi connectivity index (χ4n) is 0.355. The summed E-state index contributed by atoms with van der Waals surface area (Å²) in [6.45, 7) is -0.215. The second kappa shape index (κ2) is 4.43. The molecule has 12 heavy (non-hydrogen) atoms. The summed E-state index contributed by atoms with van der Waals surface area (Å²) >= 11 is 2.95. The third kappa shape index (κ3) is 3.72. The lowest BCUT2D eigenvalue weighted by Gasteiger charge is -2.07. The summed E-state index contributed by atoms with van der Waals surface area (Å²) in [6.07, 6.45) is 0.315. The first kappa shape index (κ1) is 12.2. The zero-order chi connectivity index (χ0) is 9.83. The zero-order valence-electron chi connectivity index (χ0n) is 5.86. The van der Waals surface area contributed by atoms with Crippen LogP contribution >= 0.6 is 15.9 Å². The Kier molecular flexibility index (Phi) is 4.49. The van der Waals surface area contributed by atoms with E-state index in [9.17, 15) is 21.6 Å². The van der Waals surface area contributed by atoms with Gasteiger partial charge in [-0.2, -0.15) is 13.2 Å². The average molecular weight is 270 g/mol. The first-order valence-corrected chi connectivity index (χ1v) is 5.53. The topological polar surface area (TPSA) is 46.2 Å². The van der Waals surface area contributed by atoms with E-state index in [1.54, 1.807) is 0 Å². The van der Waals surface area contributed by atoms with Gasteiger partial charge in [0.1, 0.15) is 0 Å². The van der Waals surface area contributed by atoms with Crippen LogP contribution in [0.1, 0.15) is 6.42 Å². The van der Waals surface area contributed by atoms with Crippen LogP contribution in [0.2, 0.25) is 0 Å². The number of sulfonamides is 1. The SMILES string of the molecule is O=S(=O)(NCCCBr)C(F)(F)F. The van der Waals surface area contributed by atoms with E-state index in [-0.39, 0.29) is 6.54 Å². The monoisotopic (exact) mass is 269 g/mol. The maximum Gasteiger partial charge on any atom is 0.511 e. The molecule has 0 unspecified atom stereocenters. The molecule has 0 aromatic heterocycles. The van der Waals surface area contributed by atoms with Gasteiger partial charge in [-0.05, 0) is 6.42 Å². The predicted molar refractivity (Wildman–Crippen MR) is 41.4 cm³/mol. The molecule has 1 N–H and O–H groups in total. The quantitative estimate of drug-likeness (QED) is 0.616. The van der Waals surface area contributed by atoms with Gasteiger partial charge in [0, 0.05) is 11.9 Å². The number of halogens is 4. The third-order valence-corrected chi connectivity index (χ3v) is 2.66. The van der Waals surface area contributed by atoms with E-state index in [1.807, 2.05) is 0 Å². The molecule has 0 rings (SSSR count). The minimum atomic E-state index is -5.21. The third-order valence-electron chi connectivity index (χ3n) is 0.907. The average Bonchev–Trinajstić information content (AvgIpc) is 1.85. The van der Waals surface area contributed by atoms with Crippen molar-refractivity contribution in [3.8, 4) is 0 Å². The summed E-state index contributed by atoms with van der Waals surface area (Å²) in [4.78, 5) is 0. The van der Waals surface area contributed by atoms with Crippen molar-refractivity contribution in [1.82, 2.24) is 4.72 Å². The molecule has 0 aromatic carbocycles. The van der Waals surface area contributed by atoms with Crippen molar-refractivity contribution in [1.29, 1.82) is 0 Å². The van der Waals surface area contributed by atoms with Crippen LogP contribution in [0.25, 0.3) is 0 Å². The lowest BCUT2D eigenvalue weighted by Crippen LogP contribution is -2.37. The summed E-state index contributed by atoms with van der Waals surface area (Å²) in [6, 6.07) is 0. The van der Waals surface area contributed by atoms with Crippen LogP contribution < -0.4 is 4.72 Å². The van der Waals surface area contributed by atoms with E-state index in [4.69, 9.17) is 0 Å². The van der Waals surface area contributed by atoms with Gasteiger partial charge in [0.2, 0.25) is 0 Å². The zero-order valence-corrected chi connectivity index (χ0v) is 8.26. The van der Waals surface area contributed by atoms with E-state index in [2.05, 4.69) is 15.9 Å². The Morgan fingerprint density at radius 1 is 1.33 bits per heavy atom. The molecule has 8 heteroatoms. The lowest BCUT2D eigenvalue weighted by atomic mass is 10.5. The number of nitrogens with one attached hydrogen (secondary N) is 1. The molecule has 0 heterocycles. The summed E-state index contributed by atoms with van der Waals surface area (Å²) < 4.78 is 56.8. The van der Waals surface area contributed by atoms with Crippen LogP contribution in [0, 0.1) is 0 Å². The van der Waals surface area contributed by atoms with E-state index in [0.717, 1.165) is 0 Å². The second-order valence-electron chi connectivity index (χ2n) is 1.89. The van der Waals surface area contributed by atoms with E-state index in [1.165, 1.54) is 4.72 Å². The summed E-state index contributed by atoms with van der Waals surface area (Å²) in [5.41, 5.74) is -5.21. The highest BCUT2D eigenvalue weighted by molar-refractivity contribution is 9.09.